The summed E-state index contributed by atoms with van der Waals surface area (Å²) in [5.41, 5.74) is 0. The Morgan fingerprint density at radius 3 is 2.64 bits per heavy atom. The van der Waals surface area contributed by atoms with Crippen LogP contribution >= 0.6 is 0 Å². The van der Waals surface area contributed by atoms with Gasteiger partial charge in [0.2, 0.25) is 0 Å². The van der Waals surface area contributed by atoms with Gasteiger partial charge < -0.3 is 4.65 Å². The van der Waals surface area contributed by atoms with Crippen LogP contribution in [0.5, 0.6) is 0 Å². The van der Waals surface area contributed by atoms with E-state index in [2.05, 4.69) is 18.8 Å². The van der Waals surface area contributed by atoms with Crippen LogP contribution in [0.4, 0.5) is 0 Å². The van der Waals surface area contributed by atoms with Crippen LogP contribution < -0.4 is 0 Å². The zero-order valence-corrected chi connectivity index (χ0v) is 7.47. The molecule has 0 N–H and O–H groups in total. The summed E-state index contributed by atoms with van der Waals surface area (Å²) in [7, 11) is 0. The third-order valence-corrected chi connectivity index (χ3v) is 2.05. The SMILES string of the molecule is CCB(CC)OC1=NCCC1. The monoisotopic (exact) mass is 153 g/mol. The molecule has 0 saturated heterocycles. The molecule has 0 unspecified atom stereocenters. The minimum atomic E-state index is 0.395. The average molecular weight is 153 g/mol. The number of hydrogen-bond acceptors (Lipinski definition) is 2. The fraction of sp³-hybridized carbons (Fsp3) is 0.875. The van der Waals surface area contributed by atoms with Crippen LogP contribution in [0.2, 0.25) is 12.6 Å². The molecule has 0 aliphatic carbocycles. The second kappa shape index (κ2) is 4.42. The van der Waals surface area contributed by atoms with Crippen molar-refractivity contribution in [1.29, 1.82) is 0 Å². The summed E-state index contributed by atoms with van der Waals surface area (Å²) in [6.45, 7) is 5.68. The Morgan fingerprint density at radius 2 is 2.18 bits per heavy atom. The molecule has 1 aliphatic heterocycles. The van der Waals surface area contributed by atoms with Gasteiger partial charge in [0.25, 0.3) is 0 Å². The summed E-state index contributed by atoms with van der Waals surface area (Å²) in [6, 6.07) is 0. The van der Waals surface area contributed by atoms with E-state index in [-0.39, 0.29) is 0 Å². The third kappa shape index (κ3) is 2.56. The molecule has 0 atom stereocenters. The Hall–Kier alpha value is -0.465. The molecule has 0 aromatic heterocycles. The normalized spacial score (nSPS) is 16.4. The van der Waals surface area contributed by atoms with Gasteiger partial charge in [0.05, 0.1) is 0 Å². The first-order chi connectivity index (χ1) is 5.36. The minimum absolute atomic E-state index is 0.395. The molecule has 0 saturated carbocycles. The minimum Gasteiger partial charge on any atom is -0.551 e. The lowest BCUT2D eigenvalue weighted by Crippen LogP contribution is -2.19. The first-order valence-corrected chi connectivity index (χ1v) is 4.56. The Labute approximate surface area is 69.2 Å². The summed E-state index contributed by atoms with van der Waals surface area (Å²) < 4.78 is 5.66. The van der Waals surface area contributed by atoms with Gasteiger partial charge in [0, 0.05) is 13.0 Å². The molecule has 62 valence electrons. The maximum Gasteiger partial charge on any atom is 0.358 e. The summed E-state index contributed by atoms with van der Waals surface area (Å²) in [5, 5.41) is 0. The first-order valence-electron chi connectivity index (χ1n) is 4.56. The molecule has 3 heteroatoms. The van der Waals surface area contributed by atoms with E-state index in [1.54, 1.807) is 0 Å². The molecule has 0 fully saturated rings. The lowest BCUT2D eigenvalue weighted by Gasteiger charge is -2.11. The molecule has 0 aromatic rings. The Morgan fingerprint density at radius 1 is 1.45 bits per heavy atom. The van der Waals surface area contributed by atoms with Crippen LogP contribution in [0.3, 0.4) is 0 Å². The second-order valence-corrected chi connectivity index (χ2v) is 2.94. The molecule has 0 amide bonds. The Bertz CT molecular complexity index is 143. The van der Waals surface area contributed by atoms with E-state index < -0.39 is 0 Å². The predicted molar refractivity (Wildman–Crippen MR) is 49.3 cm³/mol. The highest BCUT2D eigenvalue weighted by Gasteiger charge is 2.16. The fourth-order valence-electron chi connectivity index (χ4n) is 1.26. The van der Waals surface area contributed by atoms with Crippen LogP contribution in [0.25, 0.3) is 0 Å². The van der Waals surface area contributed by atoms with E-state index in [4.69, 9.17) is 4.65 Å². The zero-order chi connectivity index (χ0) is 8.10. The van der Waals surface area contributed by atoms with Gasteiger partial charge in [-0.05, 0) is 19.1 Å². The number of nitrogens with zero attached hydrogens (tertiary/aromatic N) is 1. The molecule has 0 spiro atoms. The summed E-state index contributed by atoms with van der Waals surface area (Å²) >= 11 is 0. The molecule has 0 radical (unpaired) electrons. The fourth-order valence-corrected chi connectivity index (χ4v) is 1.26. The Kier molecular flexibility index (Phi) is 3.47. The highest BCUT2D eigenvalue weighted by Crippen LogP contribution is 2.09. The molecule has 2 nitrogen and oxygen atoms in total. The van der Waals surface area contributed by atoms with E-state index in [9.17, 15) is 0 Å². The van der Waals surface area contributed by atoms with Crippen molar-refractivity contribution in [1.82, 2.24) is 0 Å². The van der Waals surface area contributed by atoms with Gasteiger partial charge in [0.1, 0.15) is 0 Å². The summed E-state index contributed by atoms with van der Waals surface area (Å²) in [6.07, 6.45) is 4.41. The lowest BCUT2D eigenvalue weighted by molar-refractivity contribution is 0.549. The van der Waals surface area contributed by atoms with Crippen molar-refractivity contribution in [2.45, 2.75) is 39.3 Å². The van der Waals surface area contributed by atoms with Crippen molar-refractivity contribution >= 4 is 12.8 Å². The van der Waals surface area contributed by atoms with Crippen molar-refractivity contribution in [2.75, 3.05) is 6.54 Å². The first kappa shape index (κ1) is 8.63. The topological polar surface area (TPSA) is 21.6 Å². The van der Waals surface area contributed by atoms with Crippen LogP contribution in [-0.4, -0.2) is 19.4 Å². The van der Waals surface area contributed by atoms with Crippen molar-refractivity contribution in [3.8, 4) is 0 Å². The molecule has 0 bridgehead atoms. The van der Waals surface area contributed by atoms with Gasteiger partial charge in [-0.3, -0.25) is 4.99 Å². The van der Waals surface area contributed by atoms with E-state index in [0.717, 1.165) is 31.5 Å². The standard InChI is InChI=1S/C8H16BNO/c1-3-9(4-2)11-8-6-5-7-10-8/h3-7H2,1-2H3. The van der Waals surface area contributed by atoms with Gasteiger partial charge >= 0.3 is 6.92 Å². The van der Waals surface area contributed by atoms with E-state index in [1.165, 1.54) is 6.42 Å². The van der Waals surface area contributed by atoms with Crippen molar-refractivity contribution < 1.29 is 4.65 Å². The smallest absolute Gasteiger partial charge is 0.358 e. The second-order valence-electron chi connectivity index (χ2n) is 2.94. The molecule has 1 aliphatic rings. The third-order valence-electron chi connectivity index (χ3n) is 2.05. The van der Waals surface area contributed by atoms with Crippen LogP contribution in [0, 0.1) is 0 Å². The van der Waals surface area contributed by atoms with Crippen molar-refractivity contribution in [3.05, 3.63) is 0 Å². The molecule has 1 rings (SSSR count). The molecule has 11 heavy (non-hydrogen) atoms. The van der Waals surface area contributed by atoms with E-state index >= 15 is 0 Å². The number of rotatable bonds is 3. The van der Waals surface area contributed by atoms with Crippen molar-refractivity contribution in [2.24, 2.45) is 4.99 Å². The maximum absolute atomic E-state index is 5.66. The number of hydrogen-bond donors (Lipinski definition) is 0. The maximum atomic E-state index is 5.66. The van der Waals surface area contributed by atoms with Gasteiger partial charge in [-0.2, -0.15) is 0 Å². The quantitative estimate of drug-likeness (QED) is 0.569. The van der Waals surface area contributed by atoms with E-state index in [1.807, 2.05) is 0 Å². The van der Waals surface area contributed by atoms with Crippen LogP contribution in [0.15, 0.2) is 4.99 Å². The van der Waals surface area contributed by atoms with Gasteiger partial charge in [-0.1, -0.05) is 13.8 Å². The molecular weight excluding hydrogens is 137 g/mol. The highest BCUT2D eigenvalue weighted by molar-refractivity contribution is 6.53. The molecular formula is C8H16BNO. The Balaban J connectivity index is 2.27. The van der Waals surface area contributed by atoms with Crippen LogP contribution in [-0.2, 0) is 4.65 Å². The van der Waals surface area contributed by atoms with Gasteiger partial charge in [0.15, 0.2) is 5.90 Å². The summed E-state index contributed by atoms with van der Waals surface area (Å²) in [4.78, 5) is 4.27. The zero-order valence-electron chi connectivity index (χ0n) is 7.47. The van der Waals surface area contributed by atoms with Crippen molar-refractivity contribution in [3.63, 3.8) is 0 Å². The largest absolute Gasteiger partial charge is 0.551 e. The lowest BCUT2D eigenvalue weighted by atomic mass is 9.62. The molecule has 0 aromatic carbocycles. The average Bonchev–Trinajstić information content (AvgIpc) is 2.52. The summed E-state index contributed by atoms with van der Waals surface area (Å²) in [5.74, 6) is 0.985. The van der Waals surface area contributed by atoms with Gasteiger partial charge in [-0.25, -0.2) is 0 Å². The van der Waals surface area contributed by atoms with Gasteiger partial charge in [-0.15, -0.1) is 0 Å². The molecule has 1 heterocycles. The predicted octanol–water partition coefficient (Wildman–Crippen LogP) is 2.23. The van der Waals surface area contributed by atoms with Crippen LogP contribution in [0.1, 0.15) is 26.7 Å². The van der Waals surface area contributed by atoms with E-state index in [0.29, 0.717) is 6.92 Å². The number of aliphatic imine (C=N–C) groups is 1. The highest BCUT2D eigenvalue weighted by atomic mass is 16.4.